The van der Waals surface area contributed by atoms with Gasteiger partial charge in [-0.05, 0) is 75.4 Å². The number of aliphatic hydroxyl groups is 2. The van der Waals surface area contributed by atoms with Gasteiger partial charge in [-0.1, -0.05) is 6.07 Å². The molecule has 246 valence electrons. The molecule has 5 atom stereocenters. The number of aryl methyl sites for hydroxylation is 1. The number of nitrogens with two attached hydrogens (primary N) is 1. The predicted molar refractivity (Wildman–Crippen MR) is 166 cm³/mol. The highest BCUT2D eigenvalue weighted by molar-refractivity contribution is 6.06. The van der Waals surface area contributed by atoms with Crippen molar-refractivity contribution in [1.82, 2.24) is 0 Å². The third-order valence-electron chi connectivity index (χ3n) is 7.61. The van der Waals surface area contributed by atoms with Crippen molar-refractivity contribution >= 4 is 22.6 Å². The second-order valence-corrected chi connectivity index (χ2v) is 11.2. The lowest BCUT2D eigenvalue weighted by Crippen LogP contribution is -2.65. The highest BCUT2D eigenvalue weighted by atomic mass is 16.7. The van der Waals surface area contributed by atoms with Crippen LogP contribution in [0.4, 0.5) is 5.69 Å². The number of anilines is 1. The maximum atomic E-state index is 13.1. The summed E-state index contributed by atoms with van der Waals surface area (Å²) in [6.45, 7) is 4.93. The number of rotatable bonds is 9. The van der Waals surface area contributed by atoms with E-state index in [1.807, 2.05) is 6.07 Å². The second kappa shape index (κ2) is 13.4. The third-order valence-corrected chi connectivity index (χ3v) is 7.61. The van der Waals surface area contributed by atoms with Crippen molar-refractivity contribution in [3.63, 3.8) is 0 Å². The van der Waals surface area contributed by atoms with Crippen LogP contribution in [-0.2, 0) is 14.2 Å². The number of nitrogens with one attached hydrogen (secondary N) is 1. The van der Waals surface area contributed by atoms with Crippen LogP contribution < -0.4 is 26.1 Å². The van der Waals surface area contributed by atoms with Crippen LogP contribution in [0, 0.1) is 18.3 Å². The summed E-state index contributed by atoms with van der Waals surface area (Å²) in [5.74, 6) is -0.339. The molecule has 4 aromatic rings. The molecule has 0 aliphatic carbocycles. The zero-order chi connectivity index (χ0) is 34.0. The minimum atomic E-state index is -1.71. The number of aliphatic hydroxyl groups excluding tert-OH is 2. The molecule has 1 aliphatic rings. The van der Waals surface area contributed by atoms with Gasteiger partial charge in [-0.3, -0.25) is 10.5 Å². The van der Waals surface area contributed by atoms with Crippen LogP contribution >= 0.6 is 0 Å². The Labute approximate surface area is 268 Å². The quantitative estimate of drug-likeness (QED) is 0.130. The minimum absolute atomic E-state index is 0.0367. The van der Waals surface area contributed by atoms with E-state index in [-0.39, 0.29) is 27.8 Å². The fourth-order valence-electron chi connectivity index (χ4n) is 5.34. The lowest BCUT2D eigenvalue weighted by Gasteiger charge is -2.48. The van der Waals surface area contributed by atoms with Crippen molar-refractivity contribution in [1.29, 1.82) is 5.26 Å². The van der Waals surface area contributed by atoms with Crippen LogP contribution in [0.25, 0.3) is 11.0 Å². The summed E-state index contributed by atoms with van der Waals surface area (Å²) in [5, 5.41) is 43.1. The minimum Gasteiger partial charge on any atom is -0.505 e. The van der Waals surface area contributed by atoms with E-state index >= 15 is 0 Å². The van der Waals surface area contributed by atoms with Crippen molar-refractivity contribution in [3.8, 4) is 29.1 Å². The molecule has 1 fully saturated rings. The van der Waals surface area contributed by atoms with E-state index in [4.69, 9.17) is 39.1 Å². The molecule has 0 saturated carbocycles. The molecule has 2 heterocycles. The van der Waals surface area contributed by atoms with E-state index in [1.54, 1.807) is 57.2 Å². The molecular formula is C33H33N3O11. The van der Waals surface area contributed by atoms with E-state index in [2.05, 4.69) is 5.32 Å². The number of ether oxygens (including phenoxy) is 5. The number of hydrogen-bond acceptors (Lipinski definition) is 13. The lowest BCUT2D eigenvalue weighted by molar-refractivity contribution is -0.329. The molecule has 1 aromatic heterocycles. The van der Waals surface area contributed by atoms with E-state index in [9.17, 15) is 24.9 Å². The van der Waals surface area contributed by atoms with Crippen LogP contribution in [0.15, 0.2) is 69.9 Å². The Morgan fingerprint density at radius 1 is 1.13 bits per heavy atom. The van der Waals surface area contributed by atoms with E-state index in [0.29, 0.717) is 17.1 Å². The second-order valence-electron chi connectivity index (χ2n) is 11.2. The maximum Gasteiger partial charge on any atom is 0.364 e. The first-order valence-electron chi connectivity index (χ1n) is 14.4. The van der Waals surface area contributed by atoms with E-state index in [1.165, 1.54) is 31.4 Å². The Bertz CT molecular complexity index is 1880. The number of amides is 1. The van der Waals surface area contributed by atoms with Gasteiger partial charge in [0.05, 0.1) is 22.6 Å². The van der Waals surface area contributed by atoms with Crippen molar-refractivity contribution in [2.24, 2.45) is 5.73 Å². The Morgan fingerprint density at radius 3 is 2.51 bits per heavy atom. The third kappa shape index (κ3) is 6.91. The monoisotopic (exact) mass is 647 g/mol. The zero-order valence-corrected chi connectivity index (χ0v) is 25.8. The highest BCUT2D eigenvalue weighted by Gasteiger charge is 2.52. The summed E-state index contributed by atoms with van der Waals surface area (Å²) in [7, 11) is 1.40. The molecule has 5 rings (SSSR count). The number of methoxy groups -OCH3 is 1. The van der Waals surface area contributed by atoms with E-state index in [0.717, 1.165) is 0 Å². The molecule has 0 radical (unpaired) electrons. The molecule has 1 saturated heterocycles. The van der Waals surface area contributed by atoms with Gasteiger partial charge in [-0.15, -0.1) is 0 Å². The standard InChI is InChI=1S/C33H33N3O11/c1-16-22(44-31-25(38)27(46-32(35)41)28(42-4)33(2,3)47-31)13-12-21-24(37)23(30(40)45-26(16)21)36-29(39)18-6-5-7-20(14-18)43-19-10-8-17(15-34)9-11-19/h5-14,25,27-28,31-32,37-38,41H,35H2,1-4H3,(H,36,39)/t25-,27+,28-,31-,32?/m1/s1. The molecular weight excluding hydrogens is 614 g/mol. The largest absolute Gasteiger partial charge is 0.505 e. The van der Waals surface area contributed by atoms with Gasteiger partial charge in [0, 0.05) is 18.2 Å². The molecule has 14 heteroatoms. The van der Waals surface area contributed by atoms with Gasteiger partial charge < -0.3 is 48.7 Å². The van der Waals surface area contributed by atoms with E-state index < -0.39 is 59.6 Å². The molecule has 14 nitrogen and oxygen atoms in total. The van der Waals surface area contributed by atoms with Crippen LogP contribution in [0.3, 0.4) is 0 Å². The summed E-state index contributed by atoms with van der Waals surface area (Å²) >= 11 is 0. The summed E-state index contributed by atoms with van der Waals surface area (Å²) in [6, 6.07) is 17.5. The van der Waals surface area contributed by atoms with Gasteiger partial charge in [-0.25, -0.2) is 4.79 Å². The average Bonchev–Trinajstić information content (AvgIpc) is 3.03. The molecule has 1 amide bonds. The lowest BCUT2D eigenvalue weighted by atomic mass is 9.89. The number of fused-ring (bicyclic) bond motifs is 1. The number of hydrogen-bond donors (Lipinski definition) is 5. The topological polar surface area (TPSA) is 216 Å². The van der Waals surface area contributed by atoms with Crippen LogP contribution in [0.1, 0.15) is 35.3 Å². The van der Waals surface area contributed by atoms with Crippen molar-refractivity contribution < 1.29 is 48.2 Å². The van der Waals surface area contributed by atoms with Crippen LogP contribution in [0.2, 0.25) is 0 Å². The molecule has 6 N–H and O–H groups in total. The average molecular weight is 648 g/mol. The number of benzene rings is 3. The van der Waals surface area contributed by atoms with Gasteiger partial charge in [0.25, 0.3) is 5.91 Å². The fraction of sp³-hybridized carbons (Fsp3) is 0.303. The first-order valence-corrected chi connectivity index (χ1v) is 14.4. The van der Waals surface area contributed by atoms with Gasteiger partial charge in [-0.2, -0.15) is 5.26 Å². The number of nitrogens with zero attached hydrogens (tertiary/aromatic N) is 1. The molecule has 1 unspecified atom stereocenters. The van der Waals surface area contributed by atoms with Gasteiger partial charge in [0.15, 0.2) is 11.4 Å². The van der Waals surface area contributed by atoms with Gasteiger partial charge in [0.1, 0.15) is 41.1 Å². The Balaban J connectivity index is 1.38. The maximum absolute atomic E-state index is 13.1. The van der Waals surface area contributed by atoms with Crippen molar-refractivity contribution in [3.05, 3.63) is 87.8 Å². The fourth-order valence-corrected chi connectivity index (χ4v) is 5.34. The number of carbonyl (C=O) groups is 1. The zero-order valence-electron chi connectivity index (χ0n) is 25.8. The number of nitriles is 1. The summed E-state index contributed by atoms with van der Waals surface area (Å²) in [6.07, 6.45) is -6.46. The molecule has 3 aromatic carbocycles. The van der Waals surface area contributed by atoms with Crippen LogP contribution in [0.5, 0.6) is 23.0 Å². The van der Waals surface area contributed by atoms with Crippen molar-refractivity contribution in [2.45, 2.75) is 57.4 Å². The predicted octanol–water partition coefficient (Wildman–Crippen LogP) is 3.23. The normalized spacial score (nSPS) is 21.1. The molecule has 0 spiro atoms. The van der Waals surface area contributed by atoms with Crippen molar-refractivity contribution in [2.75, 3.05) is 12.4 Å². The van der Waals surface area contributed by atoms with Gasteiger partial charge in [0.2, 0.25) is 12.7 Å². The first-order chi connectivity index (χ1) is 22.3. The SMILES string of the molecule is CO[C@@H]1[C@@H](OC(N)O)[C@@H](O)[C@H](Oc2ccc3c(O)c(NC(=O)c4cccc(Oc5ccc(C#N)cc5)c4)c(=O)oc3c2C)OC1(C)C. The number of carbonyl (C=O) groups excluding carboxylic acids is 1. The van der Waals surface area contributed by atoms with Crippen LogP contribution in [-0.4, -0.2) is 65.0 Å². The summed E-state index contributed by atoms with van der Waals surface area (Å²) in [5.41, 5.74) is 3.67. The smallest absolute Gasteiger partial charge is 0.364 e. The summed E-state index contributed by atoms with van der Waals surface area (Å²) < 4.78 is 34.0. The Hall–Kier alpha value is -5.01. The Kier molecular flexibility index (Phi) is 9.50. The molecule has 0 bridgehead atoms. The Morgan fingerprint density at radius 2 is 1.85 bits per heavy atom. The molecule has 47 heavy (non-hydrogen) atoms. The first kappa shape index (κ1) is 33.4. The number of aromatic hydroxyl groups is 1. The van der Waals surface area contributed by atoms with Gasteiger partial charge >= 0.3 is 5.63 Å². The molecule has 1 aliphatic heterocycles. The highest BCUT2D eigenvalue weighted by Crippen LogP contribution is 2.38. The summed E-state index contributed by atoms with van der Waals surface area (Å²) in [4.78, 5) is 26.1.